The molecule has 0 spiro atoms. The second-order valence-corrected chi connectivity index (χ2v) is 3.02. The van der Waals surface area contributed by atoms with Crippen LogP contribution in [0.2, 0.25) is 0 Å². The lowest BCUT2D eigenvalue weighted by Gasteiger charge is -2.11. The number of halogens is 7. The van der Waals surface area contributed by atoms with Crippen molar-refractivity contribution in [1.29, 1.82) is 0 Å². The van der Waals surface area contributed by atoms with Gasteiger partial charge in [0.25, 0.3) is 5.78 Å². The van der Waals surface area contributed by atoms with Gasteiger partial charge in [-0.05, 0) is 18.2 Å². The van der Waals surface area contributed by atoms with Crippen LogP contribution in [0.1, 0.15) is 10.4 Å². The lowest BCUT2D eigenvalue weighted by molar-refractivity contribution is -0.275. The second kappa shape index (κ2) is 4.46. The van der Waals surface area contributed by atoms with Crippen LogP contribution >= 0.6 is 0 Å². The summed E-state index contributed by atoms with van der Waals surface area (Å²) in [5.41, 5.74) is -1.15. The topological polar surface area (TPSA) is 26.3 Å². The zero-order valence-electron chi connectivity index (χ0n) is 8.19. The van der Waals surface area contributed by atoms with Gasteiger partial charge in [0.05, 0.1) is 0 Å². The molecule has 9 heteroatoms. The van der Waals surface area contributed by atoms with Crippen LogP contribution in [0.25, 0.3) is 0 Å². The number of alkyl halides is 6. The number of hydrogen-bond acceptors (Lipinski definition) is 2. The maximum absolute atomic E-state index is 12.8. The van der Waals surface area contributed by atoms with E-state index in [2.05, 4.69) is 4.74 Å². The summed E-state index contributed by atoms with van der Waals surface area (Å²) in [5.74, 6) is -5.43. The van der Waals surface area contributed by atoms with E-state index in [0.717, 1.165) is 0 Å². The van der Waals surface area contributed by atoms with E-state index in [4.69, 9.17) is 0 Å². The summed E-state index contributed by atoms with van der Waals surface area (Å²) >= 11 is 0. The minimum absolute atomic E-state index is 0.0403. The van der Waals surface area contributed by atoms with Gasteiger partial charge < -0.3 is 4.74 Å². The number of ether oxygens (including phenoxy) is 1. The Morgan fingerprint density at radius 1 is 1.06 bits per heavy atom. The lowest BCUT2D eigenvalue weighted by Crippen LogP contribution is -2.23. The molecule has 18 heavy (non-hydrogen) atoms. The van der Waals surface area contributed by atoms with Gasteiger partial charge in [-0.25, -0.2) is 4.39 Å². The van der Waals surface area contributed by atoms with E-state index in [1.54, 1.807) is 0 Å². The molecule has 0 amide bonds. The Bertz CT molecular complexity index is 461. The number of Topliss-reactive ketones (excluding diaryl/α,β-unsaturated/α-hetero) is 1. The van der Waals surface area contributed by atoms with Crippen molar-refractivity contribution in [3.63, 3.8) is 0 Å². The number of ketones is 1. The summed E-state index contributed by atoms with van der Waals surface area (Å²) in [4.78, 5) is 10.7. The average Bonchev–Trinajstić information content (AvgIpc) is 2.17. The molecule has 0 aromatic heterocycles. The minimum atomic E-state index is -5.28. The molecule has 0 aliphatic rings. The smallest absolute Gasteiger partial charge is 0.403 e. The quantitative estimate of drug-likeness (QED) is 0.610. The third-order valence-electron chi connectivity index (χ3n) is 1.68. The van der Waals surface area contributed by atoms with E-state index in [0.29, 0.717) is 6.07 Å². The van der Waals surface area contributed by atoms with Gasteiger partial charge in [-0.2, -0.15) is 13.2 Å². The standard InChI is InChI=1S/C9H3F7O2/c10-5-2-1-4(7(17)8(11,12)13)3-6(5)18-9(14,15)16/h1-3H. The van der Waals surface area contributed by atoms with Crippen LogP contribution in [0.3, 0.4) is 0 Å². The first kappa shape index (κ1) is 14.3. The SMILES string of the molecule is O=C(c1ccc(F)c(OC(F)(F)F)c1)C(F)(F)F. The first-order chi connectivity index (χ1) is 8.00. The fourth-order valence-corrected chi connectivity index (χ4v) is 1.01. The van der Waals surface area contributed by atoms with Gasteiger partial charge in [0.15, 0.2) is 11.6 Å². The molecule has 0 aliphatic heterocycles. The van der Waals surface area contributed by atoms with Crippen LogP contribution in [-0.2, 0) is 0 Å². The van der Waals surface area contributed by atoms with Crippen molar-refractivity contribution in [2.45, 2.75) is 12.5 Å². The predicted molar refractivity (Wildman–Crippen MR) is 43.5 cm³/mol. The monoisotopic (exact) mass is 276 g/mol. The van der Waals surface area contributed by atoms with E-state index < -0.39 is 35.5 Å². The summed E-state index contributed by atoms with van der Waals surface area (Å²) in [6.07, 6.45) is -10.5. The highest BCUT2D eigenvalue weighted by Crippen LogP contribution is 2.29. The molecular weight excluding hydrogens is 273 g/mol. The Morgan fingerprint density at radius 3 is 2.06 bits per heavy atom. The largest absolute Gasteiger partial charge is 0.573 e. The lowest BCUT2D eigenvalue weighted by atomic mass is 10.1. The molecule has 0 saturated heterocycles. The molecule has 2 nitrogen and oxygen atoms in total. The van der Waals surface area contributed by atoms with Crippen LogP contribution in [-0.4, -0.2) is 18.3 Å². The van der Waals surface area contributed by atoms with Gasteiger partial charge in [0, 0.05) is 5.56 Å². The molecule has 0 fully saturated rings. The third kappa shape index (κ3) is 3.60. The Kier molecular flexibility index (Phi) is 3.54. The van der Waals surface area contributed by atoms with Gasteiger partial charge in [0.2, 0.25) is 0 Å². The molecule has 0 heterocycles. The maximum atomic E-state index is 12.8. The summed E-state index contributed by atoms with van der Waals surface area (Å²) < 4.78 is 87.4. The third-order valence-corrected chi connectivity index (χ3v) is 1.68. The molecule has 100 valence electrons. The van der Waals surface area contributed by atoms with E-state index in [-0.39, 0.29) is 12.1 Å². The van der Waals surface area contributed by atoms with Gasteiger partial charge in [-0.3, -0.25) is 4.79 Å². The van der Waals surface area contributed by atoms with E-state index in [1.165, 1.54) is 0 Å². The van der Waals surface area contributed by atoms with E-state index in [1.807, 2.05) is 0 Å². The van der Waals surface area contributed by atoms with Crippen LogP contribution in [0.15, 0.2) is 18.2 Å². The molecule has 0 unspecified atom stereocenters. The first-order valence-corrected chi connectivity index (χ1v) is 4.17. The van der Waals surface area contributed by atoms with Gasteiger partial charge in [-0.15, -0.1) is 13.2 Å². The average molecular weight is 276 g/mol. The molecule has 0 aliphatic carbocycles. The fourth-order valence-electron chi connectivity index (χ4n) is 1.01. The van der Waals surface area contributed by atoms with Crippen molar-refractivity contribution < 1.29 is 40.3 Å². The predicted octanol–water partition coefficient (Wildman–Crippen LogP) is 3.47. The normalized spacial score (nSPS) is 12.4. The van der Waals surface area contributed by atoms with Crippen molar-refractivity contribution in [3.05, 3.63) is 29.6 Å². The van der Waals surface area contributed by atoms with Crippen LogP contribution in [0.5, 0.6) is 5.75 Å². The molecular formula is C9H3F7O2. The molecule has 0 N–H and O–H groups in total. The van der Waals surface area contributed by atoms with Gasteiger partial charge in [-0.1, -0.05) is 0 Å². The zero-order valence-corrected chi connectivity index (χ0v) is 8.19. The van der Waals surface area contributed by atoms with Crippen LogP contribution in [0.4, 0.5) is 30.7 Å². The highest BCUT2D eigenvalue weighted by Gasteiger charge is 2.40. The zero-order chi connectivity index (χ0) is 14.1. The van der Waals surface area contributed by atoms with E-state index >= 15 is 0 Å². The van der Waals surface area contributed by atoms with Crippen molar-refractivity contribution in [3.8, 4) is 5.75 Å². The Hall–Kier alpha value is -1.80. The molecule has 0 atom stereocenters. The van der Waals surface area contributed by atoms with Crippen molar-refractivity contribution in [1.82, 2.24) is 0 Å². The maximum Gasteiger partial charge on any atom is 0.573 e. The highest BCUT2D eigenvalue weighted by molar-refractivity contribution is 6.00. The highest BCUT2D eigenvalue weighted by atomic mass is 19.4. The number of hydrogen-bond donors (Lipinski definition) is 0. The van der Waals surface area contributed by atoms with Crippen molar-refractivity contribution >= 4 is 5.78 Å². The number of carbonyl (C=O) groups excluding carboxylic acids is 1. The Labute approximate surface area is 95.0 Å². The first-order valence-electron chi connectivity index (χ1n) is 4.17. The summed E-state index contributed by atoms with van der Waals surface area (Å²) in [5, 5.41) is 0. The summed E-state index contributed by atoms with van der Waals surface area (Å²) in [6, 6.07) is 0.729. The fraction of sp³-hybridized carbons (Fsp3) is 0.222. The second-order valence-electron chi connectivity index (χ2n) is 3.02. The number of benzene rings is 1. The van der Waals surface area contributed by atoms with Crippen molar-refractivity contribution in [2.75, 3.05) is 0 Å². The van der Waals surface area contributed by atoms with Crippen LogP contribution < -0.4 is 4.74 Å². The van der Waals surface area contributed by atoms with Crippen LogP contribution in [0, 0.1) is 5.82 Å². The molecule has 1 rings (SSSR count). The number of carbonyl (C=O) groups is 1. The molecule has 0 saturated carbocycles. The summed E-state index contributed by atoms with van der Waals surface area (Å²) in [7, 11) is 0. The molecule has 0 radical (unpaired) electrons. The molecule has 0 bridgehead atoms. The molecule has 1 aromatic carbocycles. The molecule has 1 aromatic rings. The Morgan fingerprint density at radius 2 is 1.61 bits per heavy atom. The van der Waals surface area contributed by atoms with Crippen molar-refractivity contribution in [2.24, 2.45) is 0 Å². The Balaban J connectivity index is 3.13. The van der Waals surface area contributed by atoms with Gasteiger partial charge >= 0.3 is 12.5 Å². The number of rotatable bonds is 2. The van der Waals surface area contributed by atoms with E-state index in [9.17, 15) is 35.5 Å². The minimum Gasteiger partial charge on any atom is -0.403 e. The van der Waals surface area contributed by atoms with Gasteiger partial charge in [0.1, 0.15) is 0 Å². The summed E-state index contributed by atoms with van der Waals surface area (Å²) in [6.45, 7) is 0.